The second kappa shape index (κ2) is 5.68. The molecule has 0 spiro atoms. The van der Waals surface area contributed by atoms with Gasteiger partial charge in [0.1, 0.15) is 11.6 Å². The van der Waals surface area contributed by atoms with Crippen molar-refractivity contribution in [2.75, 3.05) is 0 Å². The van der Waals surface area contributed by atoms with Crippen molar-refractivity contribution in [2.24, 2.45) is 5.73 Å². The first-order valence-electron chi connectivity index (χ1n) is 5.93. The maximum atomic E-state index is 13.8. The minimum absolute atomic E-state index is 0.0467. The Bertz CT molecular complexity index is 599. The minimum Gasteiger partial charge on any atom is -0.324 e. The van der Waals surface area contributed by atoms with Crippen LogP contribution in [0.1, 0.15) is 22.7 Å². The molecular formula is C15H14ClF2N. The largest absolute Gasteiger partial charge is 0.324 e. The molecule has 19 heavy (non-hydrogen) atoms. The molecule has 0 bridgehead atoms. The van der Waals surface area contributed by atoms with Crippen LogP contribution in [0.3, 0.4) is 0 Å². The third-order valence-corrected chi connectivity index (χ3v) is 3.45. The van der Waals surface area contributed by atoms with E-state index in [2.05, 4.69) is 0 Å². The van der Waals surface area contributed by atoms with E-state index in [1.54, 1.807) is 24.3 Å². The van der Waals surface area contributed by atoms with Crippen LogP contribution in [-0.2, 0) is 6.42 Å². The van der Waals surface area contributed by atoms with E-state index >= 15 is 0 Å². The Morgan fingerprint density at radius 2 is 1.89 bits per heavy atom. The van der Waals surface area contributed by atoms with Crippen molar-refractivity contribution >= 4 is 11.6 Å². The van der Waals surface area contributed by atoms with Gasteiger partial charge in [0.15, 0.2) is 0 Å². The van der Waals surface area contributed by atoms with Crippen LogP contribution in [0.4, 0.5) is 8.78 Å². The van der Waals surface area contributed by atoms with E-state index < -0.39 is 11.9 Å². The number of hydrogen-bond acceptors (Lipinski definition) is 1. The molecule has 0 radical (unpaired) electrons. The Balaban J connectivity index is 2.25. The smallest absolute Gasteiger partial charge is 0.142 e. The Labute approximate surface area is 116 Å². The first-order valence-corrected chi connectivity index (χ1v) is 6.31. The summed E-state index contributed by atoms with van der Waals surface area (Å²) in [5.41, 5.74) is 7.79. The molecular weight excluding hydrogens is 268 g/mol. The minimum atomic E-state index is -0.556. The Kier molecular flexibility index (Phi) is 4.17. The highest BCUT2D eigenvalue weighted by molar-refractivity contribution is 6.31. The second-order valence-corrected chi connectivity index (χ2v) is 4.93. The van der Waals surface area contributed by atoms with Gasteiger partial charge in [0, 0.05) is 11.6 Å². The monoisotopic (exact) mass is 281 g/mol. The Morgan fingerprint density at radius 3 is 2.58 bits per heavy atom. The molecule has 2 N–H and O–H groups in total. The van der Waals surface area contributed by atoms with Gasteiger partial charge in [0.2, 0.25) is 0 Å². The summed E-state index contributed by atoms with van der Waals surface area (Å²) < 4.78 is 27.1. The number of nitrogens with two attached hydrogens (primary N) is 1. The van der Waals surface area contributed by atoms with Gasteiger partial charge < -0.3 is 5.73 Å². The lowest BCUT2D eigenvalue weighted by Gasteiger charge is -2.14. The van der Waals surface area contributed by atoms with Gasteiger partial charge in [-0.1, -0.05) is 35.9 Å². The fourth-order valence-electron chi connectivity index (χ4n) is 1.99. The molecule has 0 heterocycles. The quantitative estimate of drug-likeness (QED) is 0.898. The van der Waals surface area contributed by atoms with Crippen molar-refractivity contribution in [3.05, 3.63) is 69.7 Å². The molecule has 4 heteroatoms. The predicted molar refractivity (Wildman–Crippen MR) is 73.2 cm³/mol. The third kappa shape index (κ3) is 3.11. The van der Waals surface area contributed by atoms with Crippen molar-refractivity contribution in [3.8, 4) is 0 Å². The summed E-state index contributed by atoms with van der Waals surface area (Å²) in [6.45, 7) is 1.81. The zero-order valence-corrected chi connectivity index (χ0v) is 11.2. The molecule has 0 aromatic heterocycles. The van der Waals surface area contributed by atoms with E-state index in [4.69, 9.17) is 17.3 Å². The van der Waals surface area contributed by atoms with E-state index in [0.29, 0.717) is 11.1 Å². The molecule has 1 nitrogen and oxygen atoms in total. The van der Waals surface area contributed by atoms with Crippen LogP contribution in [0.25, 0.3) is 0 Å². The second-order valence-electron chi connectivity index (χ2n) is 4.55. The van der Waals surface area contributed by atoms with E-state index in [1.807, 2.05) is 6.92 Å². The fraction of sp³-hybridized carbons (Fsp3) is 0.200. The van der Waals surface area contributed by atoms with E-state index in [0.717, 1.165) is 5.56 Å². The van der Waals surface area contributed by atoms with E-state index in [1.165, 1.54) is 12.1 Å². The number of aryl methyl sites for hydroxylation is 1. The molecule has 0 saturated carbocycles. The maximum absolute atomic E-state index is 13.8. The lowest BCUT2D eigenvalue weighted by atomic mass is 9.98. The SMILES string of the molecule is Cc1ccc(C(N)Cc2cccc(F)c2Cl)c(F)c1. The Hall–Kier alpha value is -1.45. The van der Waals surface area contributed by atoms with Crippen molar-refractivity contribution in [2.45, 2.75) is 19.4 Å². The van der Waals surface area contributed by atoms with Crippen LogP contribution >= 0.6 is 11.6 Å². The lowest BCUT2D eigenvalue weighted by Crippen LogP contribution is -2.15. The van der Waals surface area contributed by atoms with Crippen LogP contribution in [-0.4, -0.2) is 0 Å². The van der Waals surface area contributed by atoms with Gasteiger partial charge in [-0.2, -0.15) is 0 Å². The summed E-state index contributed by atoms with van der Waals surface area (Å²) in [5.74, 6) is -0.837. The van der Waals surface area contributed by atoms with E-state index in [-0.39, 0.29) is 17.3 Å². The highest BCUT2D eigenvalue weighted by Crippen LogP contribution is 2.25. The topological polar surface area (TPSA) is 26.0 Å². The summed E-state index contributed by atoms with van der Waals surface area (Å²) >= 11 is 5.87. The molecule has 0 saturated heterocycles. The van der Waals surface area contributed by atoms with Crippen LogP contribution in [0, 0.1) is 18.6 Å². The summed E-state index contributed by atoms with van der Waals surface area (Å²) in [7, 11) is 0. The molecule has 1 atom stereocenters. The summed E-state index contributed by atoms with van der Waals surface area (Å²) in [6, 6.07) is 8.87. The highest BCUT2D eigenvalue weighted by atomic mass is 35.5. The molecule has 100 valence electrons. The average Bonchev–Trinajstić information content (AvgIpc) is 2.34. The molecule has 0 amide bonds. The first-order chi connectivity index (χ1) is 8.99. The van der Waals surface area contributed by atoms with Crippen LogP contribution in [0.2, 0.25) is 5.02 Å². The van der Waals surface area contributed by atoms with Gasteiger partial charge in [0.05, 0.1) is 5.02 Å². The third-order valence-electron chi connectivity index (χ3n) is 3.03. The van der Waals surface area contributed by atoms with Gasteiger partial charge in [-0.05, 0) is 36.6 Å². The summed E-state index contributed by atoms with van der Waals surface area (Å²) in [4.78, 5) is 0. The number of halogens is 3. The van der Waals surface area contributed by atoms with Crippen LogP contribution in [0.5, 0.6) is 0 Å². The van der Waals surface area contributed by atoms with Gasteiger partial charge in [-0.15, -0.1) is 0 Å². The normalized spacial score (nSPS) is 12.5. The predicted octanol–water partition coefficient (Wildman–Crippen LogP) is 4.17. The molecule has 0 aliphatic carbocycles. The first kappa shape index (κ1) is 14.0. The van der Waals surface area contributed by atoms with Crippen LogP contribution in [0.15, 0.2) is 36.4 Å². The maximum Gasteiger partial charge on any atom is 0.142 e. The van der Waals surface area contributed by atoms with Gasteiger partial charge in [-0.25, -0.2) is 8.78 Å². The van der Waals surface area contributed by atoms with E-state index in [9.17, 15) is 8.78 Å². The van der Waals surface area contributed by atoms with Crippen molar-refractivity contribution in [1.29, 1.82) is 0 Å². The molecule has 2 aromatic carbocycles. The molecule has 1 unspecified atom stereocenters. The molecule has 2 aromatic rings. The fourth-order valence-corrected chi connectivity index (χ4v) is 2.19. The number of rotatable bonds is 3. The summed E-state index contributed by atoms with van der Waals surface area (Å²) in [6.07, 6.45) is 0.288. The average molecular weight is 282 g/mol. The molecule has 0 aliphatic rings. The van der Waals surface area contributed by atoms with Gasteiger partial charge in [0.25, 0.3) is 0 Å². The lowest BCUT2D eigenvalue weighted by molar-refractivity contribution is 0.577. The Morgan fingerprint density at radius 1 is 1.16 bits per heavy atom. The molecule has 0 fully saturated rings. The van der Waals surface area contributed by atoms with Crippen molar-refractivity contribution in [1.82, 2.24) is 0 Å². The zero-order chi connectivity index (χ0) is 14.0. The molecule has 2 rings (SSSR count). The van der Waals surface area contributed by atoms with Gasteiger partial charge >= 0.3 is 0 Å². The van der Waals surface area contributed by atoms with Crippen molar-refractivity contribution in [3.63, 3.8) is 0 Å². The van der Waals surface area contributed by atoms with Crippen LogP contribution < -0.4 is 5.73 Å². The number of hydrogen-bond donors (Lipinski definition) is 1. The highest BCUT2D eigenvalue weighted by Gasteiger charge is 2.15. The molecule has 0 aliphatic heterocycles. The van der Waals surface area contributed by atoms with Crippen molar-refractivity contribution < 1.29 is 8.78 Å². The van der Waals surface area contributed by atoms with Gasteiger partial charge in [-0.3, -0.25) is 0 Å². The zero-order valence-electron chi connectivity index (χ0n) is 10.5. The standard InChI is InChI=1S/C15H14ClF2N/c1-9-5-6-11(13(18)7-9)14(19)8-10-3-2-4-12(17)15(10)16/h2-7,14H,8,19H2,1H3. The summed E-state index contributed by atoms with van der Waals surface area (Å²) in [5, 5.41) is 0.0467. The number of benzene rings is 2.